The number of anilines is 2. The number of ether oxygens (including phenoxy) is 2. The summed E-state index contributed by atoms with van der Waals surface area (Å²) < 4.78 is 71.2. The molecule has 43 heavy (non-hydrogen) atoms. The number of azo groups is 1. The molecule has 0 unspecified atom stereocenters. The molecule has 0 aliphatic heterocycles. The Balaban J connectivity index is 1.67. The molecular formula is C27H26N4O10S2. The first-order valence-corrected chi connectivity index (χ1v) is 15.4. The van der Waals surface area contributed by atoms with Gasteiger partial charge in [-0.25, -0.2) is 13.2 Å². The maximum absolute atomic E-state index is 13.1. The molecule has 0 saturated carbocycles. The van der Waals surface area contributed by atoms with Gasteiger partial charge in [0, 0.05) is 12.0 Å². The van der Waals surface area contributed by atoms with E-state index in [4.69, 9.17) is 9.47 Å². The third kappa shape index (κ3) is 7.55. The Morgan fingerprint density at radius 3 is 2.33 bits per heavy atom. The maximum atomic E-state index is 13.1. The largest absolute Gasteiger partial charge is 0.506 e. The van der Waals surface area contributed by atoms with Gasteiger partial charge < -0.3 is 19.7 Å². The highest BCUT2D eigenvalue weighted by Crippen LogP contribution is 2.41. The van der Waals surface area contributed by atoms with Crippen LogP contribution in [0.3, 0.4) is 0 Å². The average Bonchev–Trinajstić information content (AvgIpc) is 2.95. The molecule has 0 bridgehead atoms. The van der Waals surface area contributed by atoms with Gasteiger partial charge in [-0.3, -0.25) is 14.6 Å². The number of phenolic OH excluding ortho intramolecular Hbond substituents is 2. The summed E-state index contributed by atoms with van der Waals surface area (Å²) in [6, 6.07) is 15.7. The molecular weight excluding hydrogens is 604 g/mol. The Hall–Kier alpha value is -4.77. The number of sulfonamides is 1. The highest BCUT2D eigenvalue weighted by atomic mass is 32.2. The minimum Gasteiger partial charge on any atom is -0.506 e. The summed E-state index contributed by atoms with van der Waals surface area (Å²) in [6.45, 7) is 2.49. The van der Waals surface area contributed by atoms with Crippen molar-refractivity contribution >= 4 is 59.8 Å². The highest BCUT2D eigenvalue weighted by molar-refractivity contribution is 7.93. The number of fused-ring (bicyclic) bond motifs is 1. The Kier molecular flexibility index (Phi) is 9.45. The molecule has 0 aromatic heterocycles. The van der Waals surface area contributed by atoms with E-state index in [0.717, 1.165) is 30.3 Å². The van der Waals surface area contributed by atoms with E-state index in [1.54, 1.807) is 31.2 Å². The molecule has 4 aromatic carbocycles. The van der Waals surface area contributed by atoms with Crippen LogP contribution in [0.1, 0.15) is 6.92 Å². The molecule has 4 rings (SSSR count). The zero-order valence-corrected chi connectivity index (χ0v) is 24.1. The minimum atomic E-state index is -4.75. The number of amides is 1. The monoisotopic (exact) mass is 630 g/mol. The number of rotatable bonds is 11. The van der Waals surface area contributed by atoms with Gasteiger partial charge in [-0.05, 0) is 54.8 Å². The van der Waals surface area contributed by atoms with Crippen LogP contribution >= 0.6 is 0 Å². The lowest BCUT2D eigenvalue weighted by atomic mass is 10.1. The zero-order chi connectivity index (χ0) is 31.2. The number of hydrogen-bond acceptors (Lipinski definition) is 11. The molecule has 0 spiro atoms. The normalized spacial score (nSPS) is 12.0. The molecule has 14 nitrogen and oxygen atoms in total. The summed E-state index contributed by atoms with van der Waals surface area (Å²) in [5.41, 5.74) is -0.594. The first-order valence-electron chi connectivity index (χ1n) is 12.5. The van der Waals surface area contributed by atoms with Crippen LogP contribution in [0.15, 0.2) is 92.8 Å². The number of hydrogen-bond donors (Lipinski definition) is 5. The Bertz CT molecular complexity index is 1910. The van der Waals surface area contributed by atoms with E-state index in [1.807, 2.05) is 0 Å². The first kappa shape index (κ1) is 31.2. The maximum Gasteiger partial charge on any atom is 0.411 e. The number of phenols is 2. The van der Waals surface area contributed by atoms with E-state index in [1.165, 1.54) is 18.2 Å². The van der Waals surface area contributed by atoms with Gasteiger partial charge in [0.05, 0.1) is 22.9 Å². The number of nitrogens with zero attached hydrogens (tertiary/aromatic N) is 2. The molecule has 0 atom stereocenters. The van der Waals surface area contributed by atoms with Crippen LogP contribution in [-0.4, -0.2) is 57.5 Å². The number of benzene rings is 4. The zero-order valence-electron chi connectivity index (χ0n) is 22.5. The second-order valence-electron chi connectivity index (χ2n) is 8.72. The second kappa shape index (κ2) is 13.0. The van der Waals surface area contributed by atoms with E-state index in [2.05, 4.69) is 20.3 Å². The van der Waals surface area contributed by atoms with Crippen molar-refractivity contribution < 1.29 is 45.9 Å². The Labute approximate surface area is 246 Å². The summed E-state index contributed by atoms with van der Waals surface area (Å²) in [5.74, 6) is -0.793. The summed E-state index contributed by atoms with van der Waals surface area (Å²) in [4.78, 5) is 11.2. The van der Waals surface area contributed by atoms with Crippen LogP contribution in [0.25, 0.3) is 10.8 Å². The number of para-hydroxylation sites is 1. The average molecular weight is 631 g/mol. The van der Waals surface area contributed by atoms with Crippen LogP contribution in [0.2, 0.25) is 0 Å². The van der Waals surface area contributed by atoms with Crippen molar-refractivity contribution in [3.8, 4) is 11.5 Å². The smallest absolute Gasteiger partial charge is 0.411 e. The molecule has 0 aliphatic carbocycles. The van der Waals surface area contributed by atoms with Crippen molar-refractivity contribution in [2.45, 2.75) is 16.7 Å². The quantitative estimate of drug-likeness (QED) is 0.0819. The summed E-state index contributed by atoms with van der Waals surface area (Å²) in [5, 5.41) is 32.4. The van der Waals surface area contributed by atoms with Crippen molar-refractivity contribution in [3.05, 3.63) is 72.8 Å². The van der Waals surface area contributed by atoms with Crippen LogP contribution < -0.4 is 10.0 Å². The summed E-state index contributed by atoms with van der Waals surface area (Å²) >= 11 is 0. The van der Waals surface area contributed by atoms with Gasteiger partial charge in [0.15, 0.2) is 0 Å². The number of aromatic hydroxyl groups is 2. The van der Waals surface area contributed by atoms with Gasteiger partial charge in [-0.2, -0.15) is 8.42 Å². The molecule has 0 fully saturated rings. The van der Waals surface area contributed by atoms with E-state index >= 15 is 0 Å². The van der Waals surface area contributed by atoms with Gasteiger partial charge in [0.25, 0.3) is 20.1 Å². The lowest BCUT2D eigenvalue weighted by molar-refractivity contribution is 0.0850. The fourth-order valence-electron chi connectivity index (χ4n) is 3.87. The molecule has 226 valence electrons. The molecule has 5 N–H and O–H groups in total. The van der Waals surface area contributed by atoms with Crippen molar-refractivity contribution in [2.24, 2.45) is 10.2 Å². The third-order valence-electron chi connectivity index (χ3n) is 5.82. The standard InChI is InChI=1S/C27H26N4O10S2/c1-2-40-14-15-41-27(34)28-20-8-5-6-17-10-12-23(33)26(25(17)20)30-29-21-16-18(11-13-22(21)32)42(35,36)31-19-7-3-4-9-24(19)43(37,38)39/h3-13,16,31-33H,2,14-15H2,1H3,(H,28,34)(H,37,38,39). The molecule has 0 radical (unpaired) electrons. The Morgan fingerprint density at radius 1 is 0.860 bits per heavy atom. The second-order valence-corrected chi connectivity index (χ2v) is 11.8. The van der Waals surface area contributed by atoms with E-state index in [0.29, 0.717) is 12.0 Å². The van der Waals surface area contributed by atoms with Crippen LogP contribution in [0, 0.1) is 0 Å². The highest BCUT2D eigenvalue weighted by Gasteiger charge is 2.22. The fourth-order valence-corrected chi connectivity index (χ4v) is 5.68. The van der Waals surface area contributed by atoms with E-state index in [-0.39, 0.29) is 41.4 Å². The molecule has 1 amide bonds. The van der Waals surface area contributed by atoms with Crippen LogP contribution in [-0.2, 0) is 29.6 Å². The van der Waals surface area contributed by atoms with Crippen LogP contribution in [0.5, 0.6) is 11.5 Å². The van der Waals surface area contributed by atoms with E-state index < -0.39 is 47.5 Å². The first-order chi connectivity index (χ1) is 20.4. The number of carbonyl (C=O) groups excluding carboxylic acids is 1. The molecule has 16 heteroatoms. The van der Waals surface area contributed by atoms with Gasteiger partial charge in [0.2, 0.25) is 0 Å². The third-order valence-corrected chi connectivity index (χ3v) is 8.10. The molecule has 0 aliphatic rings. The van der Waals surface area contributed by atoms with Crippen molar-refractivity contribution in [1.82, 2.24) is 0 Å². The molecule has 0 saturated heterocycles. The van der Waals surface area contributed by atoms with Gasteiger partial charge in [-0.15, -0.1) is 10.2 Å². The predicted molar refractivity (Wildman–Crippen MR) is 156 cm³/mol. The Morgan fingerprint density at radius 2 is 1.58 bits per heavy atom. The lowest BCUT2D eigenvalue weighted by Gasteiger charge is -2.12. The van der Waals surface area contributed by atoms with Gasteiger partial charge in [-0.1, -0.05) is 30.3 Å². The predicted octanol–water partition coefficient (Wildman–Crippen LogP) is 5.30. The van der Waals surface area contributed by atoms with Crippen molar-refractivity contribution in [3.63, 3.8) is 0 Å². The summed E-state index contributed by atoms with van der Waals surface area (Å²) in [7, 11) is -9.20. The van der Waals surface area contributed by atoms with Crippen molar-refractivity contribution in [1.29, 1.82) is 0 Å². The lowest BCUT2D eigenvalue weighted by Crippen LogP contribution is -2.17. The molecule has 4 aromatic rings. The topological polar surface area (TPSA) is 213 Å². The number of carbonyl (C=O) groups is 1. The van der Waals surface area contributed by atoms with Gasteiger partial charge in [0.1, 0.15) is 34.4 Å². The fraction of sp³-hybridized carbons (Fsp3) is 0.148. The summed E-state index contributed by atoms with van der Waals surface area (Å²) in [6.07, 6.45) is -0.781. The SMILES string of the molecule is CCOCCOC(=O)Nc1cccc2ccc(O)c(N=Nc3cc(S(=O)(=O)Nc4ccccc4S(=O)(=O)O)ccc3O)c12. The molecule has 0 heterocycles. The van der Waals surface area contributed by atoms with Gasteiger partial charge >= 0.3 is 6.09 Å². The van der Waals surface area contributed by atoms with E-state index in [9.17, 15) is 36.4 Å². The van der Waals surface area contributed by atoms with Crippen molar-refractivity contribution in [2.75, 3.05) is 29.9 Å². The number of nitrogens with one attached hydrogen (secondary N) is 2. The minimum absolute atomic E-state index is 0.0109. The van der Waals surface area contributed by atoms with Crippen LogP contribution in [0.4, 0.5) is 27.5 Å².